The normalized spacial score (nSPS) is 34.0. The van der Waals surface area contributed by atoms with Crippen LogP contribution in [0.4, 0.5) is 0 Å². The van der Waals surface area contributed by atoms with Gasteiger partial charge in [0.2, 0.25) is 0 Å². The topological polar surface area (TPSA) is 35.9 Å². The fourth-order valence-corrected chi connectivity index (χ4v) is 5.42. The largest absolute Gasteiger partial charge is 0.298 e. The van der Waals surface area contributed by atoms with E-state index < -0.39 is 5.54 Å². The van der Waals surface area contributed by atoms with E-state index in [-0.39, 0.29) is 0 Å². The highest BCUT2D eigenvalue weighted by atomic mass is 16.2. The molecule has 1 aromatic carbocycles. The van der Waals surface area contributed by atoms with Gasteiger partial charge in [0.25, 0.3) is 5.91 Å². The summed E-state index contributed by atoms with van der Waals surface area (Å²) in [6, 6.07) is 8.86. The molecule has 2 aliphatic heterocycles. The van der Waals surface area contributed by atoms with Crippen LogP contribution < -0.4 is 0 Å². The summed E-state index contributed by atoms with van der Waals surface area (Å²) in [5.41, 5.74) is 2.24. The number of benzene rings is 1. The Kier molecular flexibility index (Phi) is 3.75. The lowest BCUT2D eigenvalue weighted by molar-refractivity contribution is -0.132. The molecule has 1 saturated heterocycles. The monoisotopic (exact) mass is 351 g/mol. The molecule has 26 heavy (non-hydrogen) atoms. The first-order chi connectivity index (χ1) is 12.5. The fourth-order valence-electron chi connectivity index (χ4n) is 5.42. The number of aliphatic imine (C=N–C) groups is 1. The third-order valence-electron chi connectivity index (χ3n) is 7.06. The molecule has 0 bridgehead atoms. The maximum atomic E-state index is 13.3. The van der Waals surface area contributed by atoms with Crippen molar-refractivity contribution in [2.75, 3.05) is 19.6 Å². The van der Waals surface area contributed by atoms with Crippen LogP contribution >= 0.6 is 0 Å². The van der Waals surface area contributed by atoms with Crippen LogP contribution in [0.5, 0.6) is 0 Å². The molecule has 2 heterocycles. The maximum Gasteiger partial charge on any atom is 0.256 e. The van der Waals surface area contributed by atoms with Crippen LogP contribution in [-0.2, 0) is 11.3 Å². The van der Waals surface area contributed by atoms with E-state index in [1.165, 1.54) is 24.0 Å². The van der Waals surface area contributed by atoms with Crippen LogP contribution in [0.2, 0.25) is 0 Å². The Balaban J connectivity index is 1.32. The van der Waals surface area contributed by atoms with Gasteiger partial charge in [-0.25, -0.2) is 0 Å². The van der Waals surface area contributed by atoms with Crippen molar-refractivity contribution in [2.45, 2.75) is 51.6 Å². The highest BCUT2D eigenvalue weighted by Gasteiger charge is 2.60. The minimum Gasteiger partial charge on any atom is -0.298 e. The van der Waals surface area contributed by atoms with Gasteiger partial charge in [-0.2, -0.15) is 0 Å². The summed E-state index contributed by atoms with van der Waals surface area (Å²) in [5, 5.41) is 0. The van der Waals surface area contributed by atoms with E-state index in [2.05, 4.69) is 36.1 Å². The lowest BCUT2D eigenvalue weighted by Gasteiger charge is -2.28. The van der Waals surface area contributed by atoms with E-state index in [1.54, 1.807) is 0 Å². The zero-order valence-electron chi connectivity index (χ0n) is 15.9. The van der Waals surface area contributed by atoms with Crippen molar-refractivity contribution >= 4 is 11.7 Å². The van der Waals surface area contributed by atoms with Gasteiger partial charge in [-0.3, -0.25) is 19.6 Å². The Bertz CT molecular complexity index is 751. The van der Waals surface area contributed by atoms with Gasteiger partial charge in [0.1, 0.15) is 11.4 Å². The van der Waals surface area contributed by atoms with Gasteiger partial charge < -0.3 is 0 Å². The van der Waals surface area contributed by atoms with E-state index in [0.29, 0.717) is 17.7 Å². The van der Waals surface area contributed by atoms with Crippen molar-refractivity contribution in [1.82, 2.24) is 9.80 Å². The van der Waals surface area contributed by atoms with Gasteiger partial charge in [0.15, 0.2) is 0 Å². The lowest BCUT2D eigenvalue weighted by Crippen LogP contribution is -2.47. The second kappa shape index (κ2) is 5.91. The van der Waals surface area contributed by atoms with Gasteiger partial charge in [0, 0.05) is 32.1 Å². The molecule has 4 aliphatic rings. The van der Waals surface area contributed by atoms with E-state index in [1.807, 2.05) is 11.8 Å². The third kappa shape index (κ3) is 2.61. The van der Waals surface area contributed by atoms with Gasteiger partial charge in [-0.05, 0) is 56.9 Å². The predicted molar refractivity (Wildman–Crippen MR) is 103 cm³/mol. The van der Waals surface area contributed by atoms with Gasteiger partial charge in [-0.15, -0.1) is 0 Å². The minimum atomic E-state index is -0.439. The smallest absolute Gasteiger partial charge is 0.256 e. The van der Waals surface area contributed by atoms with Crippen molar-refractivity contribution in [3.05, 3.63) is 35.4 Å². The van der Waals surface area contributed by atoms with Crippen molar-refractivity contribution in [1.29, 1.82) is 0 Å². The molecule has 0 radical (unpaired) electrons. The molecular weight excluding hydrogens is 322 g/mol. The molecule has 0 N–H and O–H groups in total. The minimum absolute atomic E-state index is 0.312. The Morgan fingerprint density at radius 3 is 2.62 bits per heavy atom. The first kappa shape index (κ1) is 16.5. The molecule has 1 amide bonds. The summed E-state index contributed by atoms with van der Waals surface area (Å²) in [5.74, 6) is 3.03. The number of likely N-dealkylation sites (tertiary alicyclic amines) is 1. The molecule has 0 aromatic heterocycles. The summed E-state index contributed by atoms with van der Waals surface area (Å²) in [6.07, 6.45) is 4.66. The molecule has 4 heteroatoms. The Morgan fingerprint density at radius 2 is 1.88 bits per heavy atom. The van der Waals surface area contributed by atoms with Crippen LogP contribution in [0, 0.1) is 24.7 Å². The molecule has 3 atom stereocenters. The fraction of sp³-hybridized carbons (Fsp3) is 0.636. The quantitative estimate of drug-likeness (QED) is 0.835. The van der Waals surface area contributed by atoms with Crippen LogP contribution in [0.15, 0.2) is 29.3 Å². The molecule has 5 rings (SSSR count). The molecule has 4 nitrogen and oxygen atoms in total. The number of amidine groups is 1. The number of rotatable bonds is 4. The first-order valence-electron chi connectivity index (χ1n) is 10.2. The number of hydrogen-bond donors (Lipinski definition) is 0. The molecule has 3 fully saturated rings. The summed E-state index contributed by atoms with van der Waals surface area (Å²) < 4.78 is 0. The summed E-state index contributed by atoms with van der Waals surface area (Å²) in [4.78, 5) is 22.9. The number of carbonyl (C=O) groups excluding carboxylic acids is 1. The van der Waals surface area contributed by atoms with Crippen LogP contribution in [-0.4, -0.2) is 46.7 Å². The Morgan fingerprint density at radius 1 is 1.12 bits per heavy atom. The number of hydrogen-bond acceptors (Lipinski definition) is 3. The molecule has 1 spiro atoms. The zero-order chi connectivity index (χ0) is 17.9. The Labute approximate surface area is 156 Å². The highest BCUT2D eigenvalue weighted by molar-refractivity contribution is 6.07. The lowest BCUT2D eigenvalue weighted by atomic mass is 9.85. The van der Waals surface area contributed by atoms with Gasteiger partial charge in [-0.1, -0.05) is 29.8 Å². The molecule has 1 aromatic rings. The second-order valence-electron chi connectivity index (χ2n) is 9.03. The van der Waals surface area contributed by atoms with E-state index in [0.717, 1.165) is 50.8 Å². The van der Waals surface area contributed by atoms with E-state index in [9.17, 15) is 4.79 Å². The second-order valence-corrected chi connectivity index (χ2v) is 9.03. The highest BCUT2D eigenvalue weighted by Crippen LogP contribution is 2.50. The molecular formula is C22H29N3O. The van der Waals surface area contributed by atoms with Crippen LogP contribution in [0.3, 0.4) is 0 Å². The number of amides is 1. The summed E-state index contributed by atoms with van der Waals surface area (Å²) in [6.45, 7) is 8.20. The van der Waals surface area contributed by atoms with Crippen molar-refractivity contribution in [3.63, 3.8) is 0 Å². The molecule has 138 valence electrons. The maximum absolute atomic E-state index is 13.3. The number of aryl methyl sites for hydroxylation is 1. The average molecular weight is 351 g/mol. The number of nitrogens with zero attached hydrogens (tertiary/aromatic N) is 3. The van der Waals surface area contributed by atoms with Gasteiger partial charge >= 0.3 is 0 Å². The van der Waals surface area contributed by atoms with E-state index >= 15 is 0 Å². The third-order valence-corrected chi connectivity index (χ3v) is 7.06. The van der Waals surface area contributed by atoms with Crippen LogP contribution in [0.1, 0.15) is 43.7 Å². The number of carbonyl (C=O) groups is 1. The van der Waals surface area contributed by atoms with Crippen LogP contribution in [0.25, 0.3) is 0 Å². The first-order valence-corrected chi connectivity index (χ1v) is 10.2. The molecule has 0 unspecified atom stereocenters. The van der Waals surface area contributed by atoms with Crippen molar-refractivity contribution in [3.8, 4) is 0 Å². The van der Waals surface area contributed by atoms with Crippen molar-refractivity contribution in [2.24, 2.45) is 22.7 Å². The summed E-state index contributed by atoms with van der Waals surface area (Å²) >= 11 is 0. The number of fused-ring (bicyclic) bond motifs is 2. The average Bonchev–Trinajstić information content (AvgIpc) is 3.19. The SMILES string of the molecule is CC1=N[C@@]2(CC[C@@H]3CN(Cc4ccc(C)cc4)C[C@@H]32)C(=O)N1CC1CC1. The standard InChI is InChI=1S/C22H29N3O/c1-15-3-5-17(6-4-15)11-24-13-19-9-10-22(20(19)14-24)21(26)25(16(2)23-22)12-18-7-8-18/h3-6,18-20H,7-14H2,1-2H3/t19-,20+,22-/m1/s1. The Hall–Kier alpha value is -1.68. The summed E-state index contributed by atoms with van der Waals surface area (Å²) in [7, 11) is 0. The van der Waals surface area contributed by atoms with Crippen molar-refractivity contribution < 1.29 is 4.79 Å². The molecule has 2 saturated carbocycles. The zero-order valence-corrected chi connectivity index (χ0v) is 15.9. The molecule has 2 aliphatic carbocycles. The van der Waals surface area contributed by atoms with Gasteiger partial charge in [0.05, 0.1) is 0 Å². The predicted octanol–water partition coefficient (Wildman–Crippen LogP) is 3.25. The van der Waals surface area contributed by atoms with E-state index in [4.69, 9.17) is 4.99 Å².